The Kier molecular flexibility index (Phi) is 5.05. The largest absolute Gasteiger partial charge is 0.326 e. The smallest absolute Gasteiger partial charge is 0.255 e. The molecule has 0 spiro atoms. The molecule has 0 saturated carbocycles. The third-order valence-electron chi connectivity index (χ3n) is 3.09. The molecule has 2 aromatic carbocycles. The molecule has 6 heteroatoms. The number of rotatable bonds is 4. The van der Waals surface area contributed by atoms with Crippen molar-refractivity contribution in [3.05, 3.63) is 59.7 Å². The van der Waals surface area contributed by atoms with Crippen LogP contribution in [-0.2, 0) is 4.79 Å². The van der Waals surface area contributed by atoms with Gasteiger partial charge in [0.15, 0.2) is 11.6 Å². The zero-order valence-electron chi connectivity index (χ0n) is 12.7. The molecule has 2 N–H and O–H groups in total. The Balaban J connectivity index is 2.13. The third kappa shape index (κ3) is 4.35. The molecule has 0 saturated heterocycles. The maximum absolute atomic E-state index is 13.1. The minimum Gasteiger partial charge on any atom is -0.326 e. The van der Waals surface area contributed by atoms with Gasteiger partial charge in [-0.1, -0.05) is 19.9 Å². The van der Waals surface area contributed by atoms with E-state index in [1.165, 1.54) is 12.1 Å². The summed E-state index contributed by atoms with van der Waals surface area (Å²) in [5, 5.41) is 5.16. The zero-order chi connectivity index (χ0) is 17.0. The highest BCUT2D eigenvalue weighted by Gasteiger charge is 2.11. The molecule has 2 amide bonds. The second-order valence-electron chi connectivity index (χ2n) is 5.31. The normalized spacial score (nSPS) is 10.5. The summed E-state index contributed by atoms with van der Waals surface area (Å²) >= 11 is 0. The first-order valence-corrected chi connectivity index (χ1v) is 7.04. The number of hydrogen-bond donors (Lipinski definition) is 2. The highest BCUT2D eigenvalue weighted by Crippen LogP contribution is 2.16. The van der Waals surface area contributed by atoms with Gasteiger partial charge < -0.3 is 10.6 Å². The first kappa shape index (κ1) is 16.6. The van der Waals surface area contributed by atoms with Crippen LogP contribution in [0.25, 0.3) is 0 Å². The Labute approximate surface area is 132 Å². The lowest BCUT2D eigenvalue weighted by atomic mass is 10.1. The predicted molar refractivity (Wildman–Crippen MR) is 84.2 cm³/mol. The van der Waals surface area contributed by atoms with Gasteiger partial charge in [-0.2, -0.15) is 0 Å². The monoisotopic (exact) mass is 318 g/mol. The number of hydrogen-bond acceptors (Lipinski definition) is 2. The quantitative estimate of drug-likeness (QED) is 0.900. The van der Waals surface area contributed by atoms with E-state index in [0.29, 0.717) is 5.69 Å². The zero-order valence-corrected chi connectivity index (χ0v) is 12.7. The minimum atomic E-state index is -1.04. The topological polar surface area (TPSA) is 58.2 Å². The number of amides is 2. The van der Waals surface area contributed by atoms with E-state index < -0.39 is 17.5 Å². The van der Waals surface area contributed by atoms with Crippen LogP contribution in [-0.4, -0.2) is 11.8 Å². The fourth-order valence-corrected chi connectivity index (χ4v) is 1.80. The number of nitrogens with one attached hydrogen (secondary N) is 2. The molecule has 0 aliphatic carbocycles. The van der Waals surface area contributed by atoms with Crippen LogP contribution in [0.2, 0.25) is 0 Å². The standard InChI is InChI=1S/C17H16F2N2O2/c1-10(2)16(22)20-12-5-3-4-11(8-12)17(23)21-13-6-7-14(18)15(19)9-13/h3-10H,1-2H3,(H,20,22)(H,21,23). The van der Waals surface area contributed by atoms with Gasteiger partial charge in [0.1, 0.15) is 0 Å². The molecular formula is C17H16F2N2O2. The summed E-state index contributed by atoms with van der Waals surface area (Å²) in [5.74, 6) is -2.86. The summed E-state index contributed by atoms with van der Waals surface area (Å²) in [4.78, 5) is 23.8. The Morgan fingerprint density at radius 1 is 0.913 bits per heavy atom. The van der Waals surface area contributed by atoms with Gasteiger partial charge in [-0.15, -0.1) is 0 Å². The van der Waals surface area contributed by atoms with Crippen molar-refractivity contribution in [1.29, 1.82) is 0 Å². The average Bonchev–Trinajstić information content (AvgIpc) is 2.51. The summed E-state index contributed by atoms with van der Waals surface area (Å²) in [7, 11) is 0. The number of benzene rings is 2. The van der Waals surface area contributed by atoms with E-state index in [9.17, 15) is 18.4 Å². The van der Waals surface area contributed by atoms with Crippen molar-refractivity contribution in [2.45, 2.75) is 13.8 Å². The molecule has 4 nitrogen and oxygen atoms in total. The van der Waals surface area contributed by atoms with Crippen LogP contribution < -0.4 is 10.6 Å². The number of carbonyl (C=O) groups excluding carboxylic acids is 2. The molecular weight excluding hydrogens is 302 g/mol. The van der Waals surface area contributed by atoms with Crippen molar-refractivity contribution in [3.8, 4) is 0 Å². The van der Waals surface area contributed by atoms with Crippen LogP contribution in [0.4, 0.5) is 20.2 Å². The SMILES string of the molecule is CC(C)C(=O)Nc1cccc(C(=O)Nc2ccc(F)c(F)c2)c1. The van der Waals surface area contributed by atoms with Gasteiger partial charge in [-0.25, -0.2) is 8.78 Å². The molecule has 0 heterocycles. The Morgan fingerprint density at radius 3 is 2.26 bits per heavy atom. The van der Waals surface area contributed by atoms with Crippen LogP contribution >= 0.6 is 0 Å². The van der Waals surface area contributed by atoms with E-state index in [1.54, 1.807) is 32.0 Å². The molecule has 0 atom stereocenters. The van der Waals surface area contributed by atoms with Gasteiger partial charge in [0.2, 0.25) is 5.91 Å². The molecule has 0 aliphatic rings. The highest BCUT2D eigenvalue weighted by atomic mass is 19.2. The number of anilines is 2. The maximum atomic E-state index is 13.1. The second-order valence-corrected chi connectivity index (χ2v) is 5.31. The molecule has 2 rings (SSSR count). The van der Waals surface area contributed by atoms with E-state index in [-0.39, 0.29) is 23.1 Å². The van der Waals surface area contributed by atoms with Crippen molar-refractivity contribution in [2.75, 3.05) is 10.6 Å². The molecule has 0 unspecified atom stereocenters. The maximum Gasteiger partial charge on any atom is 0.255 e. The molecule has 0 fully saturated rings. The number of halogens is 2. The highest BCUT2D eigenvalue weighted by molar-refractivity contribution is 6.05. The molecule has 0 bridgehead atoms. The summed E-state index contributed by atoms with van der Waals surface area (Å²) in [5.41, 5.74) is 0.920. The van der Waals surface area contributed by atoms with Crippen molar-refractivity contribution in [1.82, 2.24) is 0 Å². The molecule has 120 valence electrons. The number of carbonyl (C=O) groups is 2. The summed E-state index contributed by atoms with van der Waals surface area (Å²) in [6.07, 6.45) is 0. The van der Waals surface area contributed by atoms with Gasteiger partial charge in [0.05, 0.1) is 0 Å². The lowest BCUT2D eigenvalue weighted by Crippen LogP contribution is -2.18. The van der Waals surface area contributed by atoms with Gasteiger partial charge in [-0.05, 0) is 30.3 Å². The molecule has 0 aliphatic heterocycles. The van der Waals surface area contributed by atoms with Gasteiger partial charge in [0, 0.05) is 28.9 Å². The van der Waals surface area contributed by atoms with E-state index in [0.717, 1.165) is 12.1 Å². The third-order valence-corrected chi connectivity index (χ3v) is 3.09. The minimum absolute atomic E-state index is 0.144. The Bertz CT molecular complexity index is 745. The van der Waals surface area contributed by atoms with Crippen molar-refractivity contribution >= 4 is 23.2 Å². The van der Waals surface area contributed by atoms with E-state index >= 15 is 0 Å². The molecule has 2 aromatic rings. The fraction of sp³-hybridized carbons (Fsp3) is 0.176. The predicted octanol–water partition coefficient (Wildman–Crippen LogP) is 3.81. The molecule has 0 aromatic heterocycles. The van der Waals surface area contributed by atoms with Gasteiger partial charge in [-0.3, -0.25) is 9.59 Å². The lowest BCUT2D eigenvalue weighted by molar-refractivity contribution is -0.118. The first-order chi connectivity index (χ1) is 10.9. The van der Waals surface area contributed by atoms with Gasteiger partial charge in [0.25, 0.3) is 5.91 Å². The summed E-state index contributed by atoms with van der Waals surface area (Å²) in [6, 6.07) is 9.45. The van der Waals surface area contributed by atoms with Crippen molar-refractivity contribution in [2.24, 2.45) is 5.92 Å². The van der Waals surface area contributed by atoms with Crippen LogP contribution in [0.5, 0.6) is 0 Å². The van der Waals surface area contributed by atoms with E-state index in [1.807, 2.05) is 0 Å². The van der Waals surface area contributed by atoms with E-state index in [2.05, 4.69) is 10.6 Å². The Morgan fingerprint density at radius 2 is 1.61 bits per heavy atom. The van der Waals surface area contributed by atoms with Crippen LogP contribution in [0, 0.1) is 17.6 Å². The summed E-state index contributed by atoms with van der Waals surface area (Å²) in [6.45, 7) is 3.52. The van der Waals surface area contributed by atoms with Crippen LogP contribution in [0.15, 0.2) is 42.5 Å². The van der Waals surface area contributed by atoms with Gasteiger partial charge >= 0.3 is 0 Å². The van der Waals surface area contributed by atoms with E-state index in [4.69, 9.17) is 0 Å². The average molecular weight is 318 g/mol. The first-order valence-electron chi connectivity index (χ1n) is 7.04. The summed E-state index contributed by atoms with van der Waals surface area (Å²) < 4.78 is 26.0. The second kappa shape index (κ2) is 7.00. The Hall–Kier alpha value is -2.76. The lowest BCUT2D eigenvalue weighted by Gasteiger charge is -2.10. The molecule has 0 radical (unpaired) electrons. The molecule has 23 heavy (non-hydrogen) atoms. The fourth-order valence-electron chi connectivity index (χ4n) is 1.80. The van der Waals surface area contributed by atoms with Crippen molar-refractivity contribution in [3.63, 3.8) is 0 Å². The van der Waals surface area contributed by atoms with Crippen molar-refractivity contribution < 1.29 is 18.4 Å². The van der Waals surface area contributed by atoms with Crippen LogP contribution in [0.1, 0.15) is 24.2 Å². The van der Waals surface area contributed by atoms with Crippen LogP contribution in [0.3, 0.4) is 0 Å².